The number of nitrogens with one attached hydrogen (secondary N) is 2. The van der Waals surface area contributed by atoms with Gasteiger partial charge < -0.3 is 35.8 Å². The molecule has 1 aromatic rings. The van der Waals surface area contributed by atoms with Gasteiger partial charge in [-0.1, -0.05) is 18.2 Å². The van der Waals surface area contributed by atoms with Crippen molar-refractivity contribution in [3.05, 3.63) is 47.2 Å². The van der Waals surface area contributed by atoms with Crippen molar-refractivity contribution in [1.29, 1.82) is 5.41 Å². The Morgan fingerprint density at radius 3 is 2.67 bits per heavy atom. The first-order chi connectivity index (χ1) is 13.2. The molecule has 148 valence electrons. The van der Waals surface area contributed by atoms with Gasteiger partial charge in [-0.05, 0) is 47.5 Å². The van der Waals surface area contributed by atoms with Crippen LogP contribution in [0.15, 0.2) is 36.1 Å². The topological polar surface area (TPSA) is 172 Å². The van der Waals surface area contributed by atoms with Crippen molar-refractivity contribution in [2.75, 3.05) is 5.32 Å². The van der Waals surface area contributed by atoms with Gasteiger partial charge in [-0.25, -0.2) is 4.79 Å². The number of carbonyl (C=O) groups is 2. The van der Waals surface area contributed by atoms with Crippen LogP contribution in [-0.4, -0.2) is 43.0 Å². The third-order valence-electron chi connectivity index (χ3n) is 4.42. The minimum atomic E-state index is -2.64. The molecule has 2 aliphatic heterocycles. The number of rotatable bonds is 4. The molecule has 0 radical (unpaired) electrons. The summed E-state index contributed by atoms with van der Waals surface area (Å²) < 4.78 is 28.8. The van der Waals surface area contributed by atoms with E-state index < -0.39 is 40.4 Å². The number of fused-ring (bicyclic) bond motifs is 2. The van der Waals surface area contributed by atoms with Crippen molar-refractivity contribution in [1.82, 2.24) is 4.90 Å². The number of amides is 2. The summed E-state index contributed by atoms with van der Waals surface area (Å²) in [4.78, 5) is 25.6. The molecule has 0 aromatic heterocycles. The molecule has 30 heavy (non-hydrogen) atoms. The fourth-order valence-electron chi connectivity index (χ4n) is 3.22. The average Bonchev–Trinajstić information content (AvgIpc) is 2.98. The summed E-state index contributed by atoms with van der Waals surface area (Å²) in [6.07, 6.45) is 2.90. The predicted molar refractivity (Wildman–Crippen MR) is 97.2 cm³/mol. The Morgan fingerprint density at radius 1 is 1.43 bits per heavy atom. The van der Waals surface area contributed by atoms with Crippen LogP contribution >= 0.6 is 0 Å². The number of primary amides is 1. The SMILES string of the molecule is Cc1ccc2c(c1OC(N)=O)NC(S(=O)[O-])C1CC(C=CC(=N)[O-])=CN1C2=O.[Na+].[Na+]. The number of nitrogens with zero attached hydrogens (tertiary/aromatic N) is 1. The quantitative estimate of drug-likeness (QED) is 0.177. The zero-order valence-corrected chi connectivity index (χ0v) is 21.4. The van der Waals surface area contributed by atoms with Gasteiger partial charge in [0.05, 0.1) is 17.3 Å². The smallest absolute Gasteiger partial charge is 0.859 e. The van der Waals surface area contributed by atoms with Crippen LogP contribution in [0.5, 0.6) is 5.75 Å². The maximum atomic E-state index is 13.1. The van der Waals surface area contributed by atoms with Gasteiger partial charge >= 0.3 is 65.2 Å². The number of benzene rings is 1. The first-order valence-electron chi connectivity index (χ1n) is 8.11. The molecule has 2 heterocycles. The Bertz CT molecular complexity index is 968. The van der Waals surface area contributed by atoms with Crippen molar-refractivity contribution in [3.8, 4) is 5.75 Å². The molecular formula is C17H16N4Na2O6S. The second kappa shape index (κ2) is 10.9. The largest absolute Gasteiger partial charge is 1.00 e. The Balaban J connectivity index is 0.00000225. The molecule has 2 amide bonds. The zero-order chi connectivity index (χ0) is 20.6. The molecule has 0 spiro atoms. The molecule has 0 saturated carbocycles. The van der Waals surface area contributed by atoms with Crippen molar-refractivity contribution in [3.63, 3.8) is 0 Å². The number of hydrogen-bond donors (Lipinski definition) is 3. The number of ether oxygens (including phenoxy) is 1. The normalized spacial score (nSPS) is 20.5. The molecular weight excluding hydrogens is 434 g/mol. The van der Waals surface area contributed by atoms with E-state index in [4.69, 9.17) is 15.9 Å². The summed E-state index contributed by atoms with van der Waals surface area (Å²) in [5, 5.41) is 19.3. The van der Waals surface area contributed by atoms with E-state index in [1.165, 1.54) is 23.2 Å². The van der Waals surface area contributed by atoms with Gasteiger partial charge in [0.1, 0.15) is 5.37 Å². The Labute approximate surface area is 219 Å². The van der Waals surface area contributed by atoms with E-state index in [-0.39, 0.29) is 82.5 Å². The first kappa shape index (κ1) is 26.9. The number of anilines is 1. The molecule has 0 bridgehead atoms. The third-order valence-corrected chi connectivity index (χ3v) is 5.27. The summed E-state index contributed by atoms with van der Waals surface area (Å²) >= 11 is -2.64. The van der Waals surface area contributed by atoms with Crippen LogP contribution in [0.2, 0.25) is 0 Å². The number of carbonyl (C=O) groups excluding carboxylic acids is 2. The fraction of sp³-hybridized carbons (Fsp3) is 0.235. The Kier molecular flexibility index (Phi) is 9.77. The number of nitrogens with two attached hydrogens (primary N) is 1. The standard InChI is InChI=1S/C17H18N4O6S.2Na/c1-8-2-4-10-13(14(8)27-17(19)24)20-15(28(25)26)11-6-9(3-5-12(18)22)7-21(11)16(10)23;;/h2-5,7,11,15,20H,6H2,1H3,(H2,18,22)(H2,19,24)(H,25,26);;/q;2*+1/p-2. The van der Waals surface area contributed by atoms with Crippen LogP contribution < -0.4 is 80.0 Å². The second-order valence-corrected chi connectivity index (χ2v) is 7.30. The van der Waals surface area contributed by atoms with E-state index in [2.05, 4.69) is 5.32 Å². The molecule has 0 saturated heterocycles. The van der Waals surface area contributed by atoms with Crippen molar-refractivity contribution < 1.29 is 87.3 Å². The van der Waals surface area contributed by atoms with Gasteiger partial charge in [0.15, 0.2) is 5.75 Å². The molecule has 1 aromatic carbocycles. The Hall–Kier alpha value is -1.18. The van der Waals surface area contributed by atoms with E-state index in [1.54, 1.807) is 13.0 Å². The third kappa shape index (κ3) is 5.54. The number of aryl methyl sites for hydroxylation is 1. The van der Waals surface area contributed by atoms with E-state index in [0.29, 0.717) is 11.1 Å². The predicted octanol–water partition coefficient (Wildman–Crippen LogP) is -5.92. The van der Waals surface area contributed by atoms with Gasteiger partial charge in [0, 0.05) is 6.20 Å². The fourth-order valence-corrected chi connectivity index (χ4v) is 3.92. The van der Waals surface area contributed by atoms with Crippen molar-refractivity contribution >= 4 is 34.7 Å². The molecule has 13 heteroatoms. The van der Waals surface area contributed by atoms with Gasteiger partial charge in [0.25, 0.3) is 5.91 Å². The molecule has 0 fully saturated rings. The summed E-state index contributed by atoms with van der Waals surface area (Å²) in [5.74, 6) is -1.43. The van der Waals surface area contributed by atoms with Crippen molar-refractivity contribution in [2.24, 2.45) is 5.73 Å². The Morgan fingerprint density at radius 2 is 2.10 bits per heavy atom. The zero-order valence-electron chi connectivity index (χ0n) is 16.6. The first-order valence-corrected chi connectivity index (χ1v) is 9.25. The summed E-state index contributed by atoms with van der Waals surface area (Å²) in [7, 11) is 0. The van der Waals surface area contributed by atoms with Gasteiger partial charge in [-0.15, -0.1) is 0 Å². The van der Waals surface area contributed by atoms with E-state index in [0.717, 1.165) is 6.08 Å². The second-order valence-electron chi connectivity index (χ2n) is 6.27. The summed E-state index contributed by atoms with van der Waals surface area (Å²) in [6, 6.07) is 2.26. The summed E-state index contributed by atoms with van der Waals surface area (Å²) in [5.41, 5.74) is 6.29. The number of allylic oxidation sites excluding steroid dienone is 1. The van der Waals surface area contributed by atoms with E-state index in [1.807, 2.05) is 0 Å². The molecule has 4 N–H and O–H groups in total. The summed E-state index contributed by atoms with van der Waals surface area (Å²) in [6.45, 7) is 1.63. The van der Waals surface area contributed by atoms with Crippen LogP contribution in [-0.2, 0) is 11.1 Å². The van der Waals surface area contributed by atoms with Crippen LogP contribution in [0.4, 0.5) is 10.5 Å². The molecule has 2 aliphatic rings. The minimum absolute atomic E-state index is 0. The van der Waals surface area contributed by atoms with Crippen LogP contribution in [0.1, 0.15) is 22.3 Å². The molecule has 0 aliphatic carbocycles. The van der Waals surface area contributed by atoms with Gasteiger partial charge in [-0.2, -0.15) is 0 Å². The average molecular weight is 450 g/mol. The molecule has 3 rings (SSSR count). The van der Waals surface area contributed by atoms with Crippen molar-refractivity contribution in [2.45, 2.75) is 24.8 Å². The van der Waals surface area contributed by atoms with Crippen LogP contribution in [0.3, 0.4) is 0 Å². The van der Waals surface area contributed by atoms with E-state index in [9.17, 15) is 23.5 Å². The van der Waals surface area contributed by atoms with Crippen LogP contribution in [0.25, 0.3) is 0 Å². The van der Waals surface area contributed by atoms with E-state index >= 15 is 0 Å². The minimum Gasteiger partial charge on any atom is -0.859 e. The molecule has 3 unspecified atom stereocenters. The maximum absolute atomic E-state index is 13.1. The maximum Gasteiger partial charge on any atom is 1.00 e. The molecule has 10 nitrogen and oxygen atoms in total. The van der Waals surface area contributed by atoms with Crippen LogP contribution in [0, 0.1) is 12.3 Å². The monoisotopic (exact) mass is 450 g/mol. The number of hydrogen-bond acceptors (Lipinski definition) is 8. The van der Waals surface area contributed by atoms with Gasteiger partial charge in [-0.3, -0.25) is 9.00 Å². The molecule has 3 atom stereocenters. The van der Waals surface area contributed by atoms with Gasteiger partial charge in [0.2, 0.25) is 0 Å².